The maximum atomic E-state index is 5.28. The molecule has 1 saturated heterocycles. The van der Waals surface area contributed by atoms with Crippen LogP contribution in [0.4, 0.5) is 0 Å². The van der Waals surface area contributed by atoms with Gasteiger partial charge in [-0.2, -0.15) is 0 Å². The molecule has 2 nitrogen and oxygen atoms in total. The zero-order valence-electron chi connectivity index (χ0n) is 7.65. The molecule has 1 heterocycles. The highest BCUT2D eigenvalue weighted by Gasteiger charge is 2.11. The van der Waals surface area contributed by atoms with Gasteiger partial charge < -0.3 is 9.47 Å². The third-order valence-electron chi connectivity index (χ3n) is 1.96. The summed E-state index contributed by atoms with van der Waals surface area (Å²) in [6.07, 6.45) is 3.76. The number of rotatable bonds is 2. The minimum absolute atomic E-state index is 0.168. The van der Waals surface area contributed by atoms with Crippen molar-refractivity contribution in [3.63, 3.8) is 0 Å². The fraction of sp³-hybridized carbons (Fsp3) is 0.273. The van der Waals surface area contributed by atoms with Crippen molar-refractivity contribution in [1.29, 1.82) is 0 Å². The van der Waals surface area contributed by atoms with E-state index in [1.807, 2.05) is 36.4 Å². The quantitative estimate of drug-likeness (QED) is 0.809. The van der Waals surface area contributed by atoms with Crippen molar-refractivity contribution in [3.8, 4) is 0 Å². The Balaban J connectivity index is 1.99. The van der Waals surface area contributed by atoms with Gasteiger partial charge in [-0.1, -0.05) is 34.1 Å². The summed E-state index contributed by atoms with van der Waals surface area (Å²) >= 11 is 3.39. The largest absolute Gasteiger partial charge is 0.347 e. The van der Waals surface area contributed by atoms with Gasteiger partial charge in [0.05, 0.1) is 13.2 Å². The highest BCUT2D eigenvalue weighted by molar-refractivity contribution is 9.10. The number of hydrogen-bond donors (Lipinski definition) is 0. The Labute approximate surface area is 91.7 Å². The van der Waals surface area contributed by atoms with E-state index in [0.29, 0.717) is 13.2 Å². The van der Waals surface area contributed by atoms with Crippen LogP contribution in [0.1, 0.15) is 5.56 Å². The average Bonchev–Trinajstić information content (AvgIpc) is 2.70. The topological polar surface area (TPSA) is 18.5 Å². The molecule has 0 unspecified atom stereocenters. The molecule has 0 spiro atoms. The summed E-state index contributed by atoms with van der Waals surface area (Å²) in [7, 11) is 0. The lowest BCUT2D eigenvalue weighted by Crippen LogP contribution is -2.01. The molecule has 0 bridgehead atoms. The maximum Gasteiger partial charge on any atom is 0.177 e. The Bertz CT molecular complexity index is 313. The van der Waals surface area contributed by atoms with Gasteiger partial charge in [0, 0.05) is 4.47 Å². The predicted molar refractivity (Wildman–Crippen MR) is 58.9 cm³/mol. The first-order chi connectivity index (χ1) is 6.84. The minimum Gasteiger partial charge on any atom is -0.347 e. The van der Waals surface area contributed by atoms with Crippen LogP contribution < -0.4 is 0 Å². The molecule has 1 aliphatic rings. The van der Waals surface area contributed by atoms with Crippen molar-refractivity contribution < 1.29 is 9.47 Å². The molecule has 0 aliphatic carbocycles. The lowest BCUT2D eigenvalue weighted by atomic mass is 10.2. The lowest BCUT2D eigenvalue weighted by molar-refractivity contribution is -0.000907. The van der Waals surface area contributed by atoms with Crippen LogP contribution in [0.5, 0.6) is 0 Å². The van der Waals surface area contributed by atoms with Crippen LogP contribution in [0, 0.1) is 0 Å². The number of benzene rings is 1. The van der Waals surface area contributed by atoms with Crippen LogP contribution in [-0.2, 0) is 9.47 Å². The van der Waals surface area contributed by atoms with Gasteiger partial charge in [-0.3, -0.25) is 0 Å². The second kappa shape index (κ2) is 4.73. The van der Waals surface area contributed by atoms with Gasteiger partial charge in [-0.05, 0) is 23.8 Å². The van der Waals surface area contributed by atoms with E-state index >= 15 is 0 Å². The fourth-order valence-electron chi connectivity index (χ4n) is 1.25. The Morgan fingerprint density at radius 1 is 1.14 bits per heavy atom. The molecule has 3 heteroatoms. The molecule has 0 radical (unpaired) electrons. The van der Waals surface area contributed by atoms with Gasteiger partial charge in [0.1, 0.15) is 0 Å². The van der Waals surface area contributed by atoms with Crippen LogP contribution in [0.3, 0.4) is 0 Å². The molecule has 1 aliphatic heterocycles. The van der Waals surface area contributed by atoms with E-state index in [9.17, 15) is 0 Å². The van der Waals surface area contributed by atoms with Crippen molar-refractivity contribution in [2.45, 2.75) is 6.29 Å². The smallest absolute Gasteiger partial charge is 0.177 e. The maximum absolute atomic E-state index is 5.28. The van der Waals surface area contributed by atoms with E-state index in [0.717, 1.165) is 10.0 Å². The van der Waals surface area contributed by atoms with Gasteiger partial charge >= 0.3 is 0 Å². The lowest BCUT2D eigenvalue weighted by Gasteiger charge is -2.01. The molecule has 0 atom stereocenters. The Kier molecular flexibility index (Phi) is 3.35. The first-order valence-electron chi connectivity index (χ1n) is 4.51. The van der Waals surface area contributed by atoms with Crippen molar-refractivity contribution in [2.75, 3.05) is 13.2 Å². The van der Waals surface area contributed by atoms with Gasteiger partial charge in [0.2, 0.25) is 0 Å². The molecule has 0 saturated carbocycles. The third-order valence-corrected chi connectivity index (χ3v) is 2.49. The van der Waals surface area contributed by atoms with Crippen LogP contribution in [0.25, 0.3) is 6.08 Å². The Morgan fingerprint density at radius 3 is 2.43 bits per heavy atom. The standard InChI is InChI=1S/C11H11BrO2/c12-10-4-1-9(2-5-10)3-6-11-13-7-8-14-11/h1-6,11H,7-8H2. The molecule has 0 aromatic heterocycles. The number of ether oxygens (including phenoxy) is 2. The van der Waals surface area contributed by atoms with E-state index in [2.05, 4.69) is 15.9 Å². The third kappa shape index (κ3) is 2.67. The van der Waals surface area contributed by atoms with Crippen LogP contribution in [-0.4, -0.2) is 19.5 Å². The molecule has 1 aromatic carbocycles. The summed E-state index contributed by atoms with van der Waals surface area (Å²) < 4.78 is 11.6. The molecule has 1 aromatic rings. The van der Waals surface area contributed by atoms with Gasteiger partial charge in [0.25, 0.3) is 0 Å². The van der Waals surface area contributed by atoms with Crippen LogP contribution in [0.15, 0.2) is 34.8 Å². The summed E-state index contributed by atoms with van der Waals surface area (Å²) in [5.74, 6) is 0. The second-order valence-corrected chi connectivity index (χ2v) is 3.94. The molecule has 14 heavy (non-hydrogen) atoms. The Hall–Kier alpha value is -0.640. The van der Waals surface area contributed by atoms with Crippen LogP contribution >= 0.6 is 15.9 Å². The summed E-state index contributed by atoms with van der Waals surface area (Å²) in [4.78, 5) is 0. The first kappa shape index (κ1) is 9.90. The van der Waals surface area contributed by atoms with E-state index in [4.69, 9.17) is 9.47 Å². The van der Waals surface area contributed by atoms with Gasteiger partial charge in [0.15, 0.2) is 6.29 Å². The SMILES string of the molecule is Brc1ccc(C=CC2OCCO2)cc1. The second-order valence-electron chi connectivity index (χ2n) is 3.02. The highest BCUT2D eigenvalue weighted by Crippen LogP contribution is 2.13. The fourth-order valence-corrected chi connectivity index (χ4v) is 1.52. The summed E-state index contributed by atoms with van der Waals surface area (Å²) in [6, 6.07) is 8.09. The van der Waals surface area contributed by atoms with E-state index < -0.39 is 0 Å². The zero-order valence-corrected chi connectivity index (χ0v) is 9.24. The molecular formula is C11H11BrO2. The monoisotopic (exact) mass is 254 g/mol. The minimum atomic E-state index is -0.168. The van der Waals surface area contributed by atoms with Gasteiger partial charge in [-0.25, -0.2) is 0 Å². The number of halogens is 1. The van der Waals surface area contributed by atoms with Crippen molar-refractivity contribution in [3.05, 3.63) is 40.4 Å². The zero-order chi connectivity index (χ0) is 9.80. The highest BCUT2D eigenvalue weighted by atomic mass is 79.9. The first-order valence-corrected chi connectivity index (χ1v) is 5.31. The van der Waals surface area contributed by atoms with Crippen LogP contribution in [0.2, 0.25) is 0 Å². The van der Waals surface area contributed by atoms with E-state index in [1.165, 1.54) is 0 Å². The molecule has 74 valence electrons. The Morgan fingerprint density at radius 2 is 1.79 bits per heavy atom. The number of hydrogen-bond acceptors (Lipinski definition) is 2. The normalized spacial score (nSPS) is 18.1. The van der Waals surface area contributed by atoms with Crippen molar-refractivity contribution in [2.24, 2.45) is 0 Å². The molecule has 0 amide bonds. The van der Waals surface area contributed by atoms with E-state index in [-0.39, 0.29) is 6.29 Å². The summed E-state index contributed by atoms with van der Waals surface area (Å²) in [5.41, 5.74) is 1.15. The van der Waals surface area contributed by atoms with Crippen molar-refractivity contribution >= 4 is 22.0 Å². The summed E-state index contributed by atoms with van der Waals surface area (Å²) in [5, 5.41) is 0. The molecule has 2 rings (SSSR count). The van der Waals surface area contributed by atoms with E-state index in [1.54, 1.807) is 0 Å². The predicted octanol–water partition coefficient (Wildman–Crippen LogP) is 2.84. The molecule has 0 N–H and O–H groups in total. The average molecular weight is 255 g/mol. The summed E-state index contributed by atoms with van der Waals surface area (Å²) in [6.45, 7) is 1.38. The van der Waals surface area contributed by atoms with Gasteiger partial charge in [-0.15, -0.1) is 0 Å². The molecule has 1 fully saturated rings. The molecular weight excluding hydrogens is 244 g/mol. The van der Waals surface area contributed by atoms with Crippen molar-refractivity contribution in [1.82, 2.24) is 0 Å².